The van der Waals surface area contributed by atoms with E-state index >= 15 is 0 Å². The van der Waals surface area contributed by atoms with E-state index in [1.807, 2.05) is 38.1 Å². The first-order valence-corrected chi connectivity index (χ1v) is 9.62. The fourth-order valence-corrected chi connectivity index (χ4v) is 3.57. The molecule has 1 aliphatic heterocycles. The topological polar surface area (TPSA) is 80.1 Å². The van der Waals surface area contributed by atoms with Crippen molar-refractivity contribution in [1.29, 1.82) is 0 Å². The number of aryl methyl sites for hydroxylation is 1. The van der Waals surface area contributed by atoms with Crippen molar-refractivity contribution >= 4 is 11.8 Å². The summed E-state index contributed by atoms with van der Waals surface area (Å²) < 4.78 is 1.70. The van der Waals surface area contributed by atoms with Crippen LogP contribution >= 0.6 is 0 Å². The number of hydrogen-bond acceptors (Lipinski definition) is 4. The predicted octanol–water partition coefficient (Wildman–Crippen LogP) is 2.01. The number of carbonyl (C=O) groups excluding carboxylic acids is 2. The Balaban J connectivity index is 1.42. The number of benzene rings is 1. The van der Waals surface area contributed by atoms with Crippen LogP contribution in [0.1, 0.15) is 47.4 Å². The van der Waals surface area contributed by atoms with Gasteiger partial charge in [-0.2, -0.15) is 0 Å². The van der Waals surface area contributed by atoms with E-state index in [4.69, 9.17) is 0 Å². The number of carbonyl (C=O) groups is 2. The molecule has 7 nitrogen and oxygen atoms in total. The molecule has 2 fully saturated rings. The molecule has 142 valence electrons. The molecule has 2 aliphatic rings. The van der Waals surface area contributed by atoms with Crippen LogP contribution in [0.4, 0.5) is 0 Å². The van der Waals surface area contributed by atoms with Crippen molar-refractivity contribution in [1.82, 2.24) is 25.2 Å². The summed E-state index contributed by atoms with van der Waals surface area (Å²) >= 11 is 0. The molecule has 0 radical (unpaired) electrons. The largest absolute Gasteiger partial charge is 0.353 e. The summed E-state index contributed by atoms with van der Waals surface area (Å²) in [6, 6.07) is 8.33. The molecule has 0 unspecified atom stereocenters. The molecule has 4 rings (SSSR count). The van der Waals surface area contributed by atoms with Gasteiger partial charge in [-0.3, -0.25) is 9.59 Å². The molecule has 2 heterocycles. The molecular weight excluding hydrogens is 342 g/mol. The fraction of sp³-hybridized carbons (Fsp3) is 0.500. The quantitative estimate of drug-likeness (QED) is 0.896. The molecule has 1 saturated heterocycles. The van der Waals surface area contributed by atoms with Gasteiger partial charge in [0, 0.05) is 25.0 Å². The zero-order valence-corrected chi connectivity index (χ0v) is 15.8. The van der Waals surface area contributed by atoms with Crippen molar-refractivity contribution in [3.05, 3.63) is 41.2 Å². The van der Waals surface area contributed by atoms with E-state index in [2.05, 4.69) is 15.6 Å². The Morgan fingerprint density at radius 3 is 2.52 bits per heavy atom. The maximum Gasteiger partial charge on any atom is 0.276 e. The highest BCUT2D eigenvalue weighted by Gasteiger charge is 2.32. The first-order chi connectivity index (χ1) is 13.0. The van der Waals surface area contributed by atoms with Gasteiger partial charge in [0.1, 0.15) is 0 Å². The predicted molar refractivity (Wildman–Crippen MR) is 101 cm³/mol. The Kier molecular flexibility index (Phi) is 4.68. The van der Waals surface area contributed by atoms with E-state index in [1.54, 1.807) is 9.58 Å². The summed E-state index contributed by atoms with van der Waals surface area (Å²) in [7, 11) is 0. The molecule has 1 N–H and O–H groups in total. The van der Waals surface area contributed by atoms with Gasteiger partial charge in [-0.25, -0.2) is 4.68 Å². The molecule has 1 saturated carbocycles. The van der Waals surface area contributed by atoms with Crippen LogP contribution in [0.5, 0.6) is 0 Å². The summed E-state index contributed by atoms with van der Waals surface area (Å²) in [4.78, 5) is 26.9. The Labute approximate surface area is 158 Å². The Hall–Kier alpha value is -2.70. The van der Waals surface area contributed by atoms with Crippen LogP contribution in [0.2, 0.25) is 0 Å². The van der Waals surface area contributed by atoms with E-state index in [0.29, 0.717) is 37.7 Å². The Morgan fingerprint density at radius 2 is 1.85 bits per heavy atom. The van der Waals surface area contributed by atoms with E-state index in [9.17, 15) is 9.59 Å². The van der Waals surface area contributed by atoms with E-state index < -0.39 is 0 Å². The smallest absolute Gasteiger partial charge is 0.276 e. The maximum absolute atomic E-state index is 12.9. The third kappa shape index (κ3) is 3.72. The average Bonchev–Trinajstić information content (AvgIpc) is 3.40. The summed E-state index contributed by atoms with van der Waals surface area (Å²) in [5.41, 5.74) is 3.15. The minimum Gasteiger partial charge on any atom is -0.353 e. The van der Waals surface area contributed by atoms with Crippen molar-refractivity contribution in [3.8, 4) is 5.69 Å². The molecule has 0 spiro atoms. The lowest BCUT2D eigenvalue weighted by atomic mass is 9.95. The summed E-state index contributed by atoms with van der Waals surface area (Å²) in [5, 5.41) is 11.4. The maximum atomic E-state index is 12.9. The highest BCUT2D eigenvalue weighted by Crippen LogP contribution is 2.24. The number of likely N-dealkylation sites (tertiary alicyclic amines) is 1. The number of hydrogen-bond donors (Lipinski definition) is 1. The monoisotopic (exact) mass is 367 g/mol. The van der Waals surface area contributed by atoms with Gasteiger partial charge >= 0.3 is 0 Å². The summed E-state index contributed by atoms with van der Waals surface area (Å²) in [6.07, 6.45) is 3.60. The molecule has 0 atom stereocenters. The zero-order chi connectivity index (χ0) is 19.0. The lowest BCUT2D eigenvalue weighted by molar-refractivity contribution is -0.126. The minimum atomic E-state index is -0.104. The van der Waals surface area contributed by atoms with Gasteiger partial charge in [0.25, 0.3) is 5.91 Å². The standard InChI is InChI=1S/C20H25N5O2/c1-13-4-3-5-17(12-13)25-14(2)18(22-23-25)20(27)24-10-8-15(9-11-24)19(26)21-16-6-7-16/h3-5,12,15-16H,6-11H2,1-2H3,(H,21,26). The van der Waals surface area contributed by atoms with Gasteiger partial charge in [-0.15, -0.1) is 5.10 Å². The van der Waals surface area contributed by atoms with E-state index in [1.165, 1.54) is 0 Å². The number of aromatic nitrogens is 3. The number of piperidine rings is 1. The second-order valence-electron chi connectivity index (χ2n) is 7.62. The van der Waals surface area contributed by atoms with Gasteiger partial charge < -0.3 is 10.2 Å². The first-order valence-electron chi connectivity index (χ1n) is 9.62. The minimum absolute atomic E-state index is 0.0127. The molecule has 1 aromatic heterocycles. The molecular formula is C20H25N5O2. The van der Waals surface area contributed by atoms with Crippen LogP contribution < -0.4 is 5.32 Å². The average molecular weight is 367 g/mol. The van der Waals surface area contributed by atoms with Crippen LogP contribution in [0.15, 0.2) is 24.3 Å². The van der Waals surface area contributed by atoms with Crippen molar-refractivity contribution in [2.45, 2.75) is 45.6 Å². The number of nitrogens with zero attached hydrogens (tertiary/aromatic N) is 4. The molecule has 1 aromatic carbocycles. The summed E-state index contributed by atoms with van der Waals surface area (Å²) in [5.74, 6) is 0.0531. The van der Waals surface area contributed by atoms with Crippen LogP contribution in [-0.4, -0.2) is 50.8 Å². The van der Waals surface area contributed by atoms with E-state index in [-0.39, 0.29) is 17.7 Å². The van der Waals surface area contributed by atoms with Crippen LogP contribution in [-0.2, 0) is 4.79 Å². The van der Waals surface area contributed by atoms with Crippen molar-refractivity contribution in [2.75, 3.05) is 13.1 Å². The van der Waals surface area contributed by atoms with Gasteiger partial charge in [0.15, 0.2) is 5.69 Å². The molecule has 1 aliphatic carbocycles. The van der Waals surface area contributed by atoms with Crippen LogP contribution in [0.25, 0.3) is 5.69 Å². The molecule has 2 aromatic rings. The number of amides is 2. The number of rotatable bonds is 4. The van der Waals surface area contributed by atoms with Gasteiger partial charge in [-0.05, 0) is 57.2 Å². The van der Waals surface area contributed by atoms with Crippen molar-refractivity contribution in [3.63, 3.8) is 0 Å². The highest BCUT2D eigenvalue weighted by atomic mass is 16.2. The van der Waals surface area contributed by atoms with Crippen LogP contribution in [0, 0.1) is 19.8 Å². The molecule has 2 amide bonds. The Bertz CT molecular complexity index is 863. The van der Waals surface area contributed by atoms with Crippen molar-refractivity contribution < 1.29 is 9.59 Å². The summed E-state index contributed by atoms with van der Waals surface area (Å²) in [6.45, 7) is 5.05. The third-order valence-corrected chi connectivity index (χ3v) is 5.42. The lowest BCUT2D eigenvalue weighted by Crippen LogP contribution is -2.43. The van der Waals surface area contributed by atoms with Gasteiger partial charge in [0.05, 0.1) is 11.4 Å². The second kappa shape index (κ2) is 7.13. The first kappa shape index (κ1) is 17.7. The molecule has 27 heavy (non-hydrogen) atoms. The van der Waals surface area contributed by atoms with Crippen LogP contribution in [0.3, 0.4) is 0 Å². The SMILES string of the molecule is Cc1cccc(-n2nnc(C(=O)N3CCC(C(=O)NC4CC4)CC3)c2C)c1. The normalized spacial score (nSPS) is 17.8. The van der Waals surface area contributed by atoms with E-state index in [0.717, 1.165) is 29.8 Å². The Morgan fingerprint density at radius 1 is 1.11 bits per heavy atom. The molecule has 7 heteroatoms. The van der Waals surface area contributed by atoms with Gasteiger partial charge in [-0.1, -0.05) is 17.3 Å². The lowest BCUT2D eigenvalue weighted by Gasteiger charge is -2.31. The van der Waals surface area contributed by atoms with Crippen molar-refractivity contribution in [2.24, 2.45) is 5.92 Å². The third-order valence-electron chi connectivity index (χ3n) is 5.42. The highest BCUT2D eigenvalue weighted by molar-refractivity contribution is 5.93. The fourth-order valence-electron chi connectivity index (χ4n) is 3.57. The zero-order valence-electron chi connectivity index (χ0n) is 15.8. The second-order valence-corrected chi connectivity index (χ2v) is 7.62. The number of nitrogens with one attached hydrogen (secondary N) is 1. The molecule has 0 bridgehead atoms. The van der Waals surface area contributed by atoms with Gasteiger partial charge in [0.2, 0.25) is 5.91 Å².